The fraction of sp³-hybridized carbons (Fsp3) is 1.00. The van der Waals surface area contributed by atoms with Crippen LogP contribution in [-0.4, -0.2) is 36.4 Å². The van der Waals surface area contributed by atoms with Gasteiger partial charge in [0.1, 0.15) is 0 Å². The molecule has 5 N–H and O–H groups in total. The molecule has 4 nitrogen and oxygen atoms in total. The van der Waals surface area contributed by atoms with Gasteiger partial charge in [-0.25, -0.2) is 5.01 Å². The van der Waals surface area contributed by atoms with E-state index in [9.17, 15) is 0 Å². The maximum absolute atomic E-state index is 8.34. The van der Waals surface area contributed by atoms with Crippen molar-refractivity contribution < 1.29 is 5.11 Å². The highest BCUT2D eigenvalue weighted by atomic mass is 16.3. The van der Waals surface area contributed by atoms with Crippen molar-refractivity contribution in [2.24, 2.45) is 11.6 Å². The molecule has 0 amide bonds. The number of aliphatic hydroxyl groups excluding tert-OH is 1. The summed E-state index contributed by atoms with van der Waals surface area (Å²) < 4.78 is 0. The van der Waals surface area contributed by atoms with E-state index in [2.05, 4.69) is 13.8 Å². The fourth-order valence-corrected chi connectivity index (χ4v) is 0.527. The van der Waals surface area contributed by atoms with Crippen LogP contribution in [0.1, 0.15) is 26.7 Å². The zero-order chi connectivity index (χ0) is 9.82. The number of rotatable bonds is 5. The van der Waals surface area contributed by atoms with Gasteiger partial charge < -0.3 is 10.8 Å². The minimum atomic E-state index is 0.149. The average molecular weight is 177 g/mol. The van der Waals surface area contributed by atoms with Gasteiger partial charge in [-0.2, -0.15) is 0 Å². The van der Waals surface area contributed by atoms with Crippen molar-refractivity contribution in [2.45, 2.75) is 26.7 Å². The van der Waals surface area contributed by atoms with Crippen LogP contribution in [0.2, 0.25) is 0 Å². The lowest BCUT2D eigenvalue weighted by molar-refractivity contribution is 0.199. The van der Waals surface area contributed by atoms with E-state index in [-0.39, 0.29) is 6.61 Å². The molecule has 0 atom stereocenters. The van der Waals surface area contributed by atoms with Crippen molar-refractivity contribution in [3.8, 4) is 0 Å². The molecule has 76 valence electrons. The SMILES string of the molecule is CCCN.CCCN(N)CCO. The van der Waals surface area contributed by atoms with E-state index < -0.39 is 0 Å². The maximum atomic E-state index is 8.34. The molecule has 4 heteroatoms. The fourth-order valence-electron chi connectivity index (χ4n) is 0.527. The first-order valence-corrected chi connectivity index (χ1v) is 4.53. The molecule has 0 aliphatic carbocycles. The van der Waals surface area contributed by atoms with Crippen LogP contribution in [-0.2, 0) is 0 Å². The van der Waals surface area contributed by atoms with Gasteiger partial charge in [-0.15, -0.1) is 0 Å². The third kappa shape index (κ3) is 16.4. The second kappa shape index (κ2) is 13.4. The molecule has 0 radical (unpaired) electrons. The van der Waals surface area contributed by atoms with Gasteiger partial charge in [0.25, 0.3) is 0 Å². The Morgan fingerprint density at radius 1 is 1.17 bits per heavy atom. The van der Waals surface area contributed by atoms with Crippen LogP contribution in [0.3, 0.4) is 0 Å². The minimum Gasteiger partial charge on any atom is -0.395 e. The van der Waals surface area contributed by atoms with Crippen LogP contribution in [0.5, 0.6) is 0 Å². The quantitative estimate of drug-likeness (QED) is 0.405. The van der Waals surface area contributed by atoms with E-state index in [0.29, 0.717) is 6.54 Å². The largest absolute Gasteiger partial charge is 0.395 e. The maximum Gasteiger partial charge on any atom is 0.0572 e. The summed E-state index contributed by atoms with van der Waals surface area (Å²) in [5.74, 6) is 5.37. The normalized spacial score (nSPS) is 9.50. The van der Waals surface area contributed by atoms with Gasteiger partial charge >= 0.3 is 0 Å². The first kappa shape index (κ1) is 14.4. The molecule has 0 aromatic rings. The lowest BCUT2D eigenvalue weighted by atomic mass is 10.4. The second-order valence-electron chi connectivity index (χ2n) is 2.55. The first-order chi connectivity index (χ1) is 5.72. The number of hydrogen-bond acceptors (Lipinski definition) is 4. The summed E-state index contributed by atoms with van der Waals surface area (Å²) in [6.07, 6.45) is 2.14. The van der Waals surface area contributed by atoms with Gasteiger partial charge in [0.05, 0.1) is 6.61 Å². The van der Waals surface area contributed by atoms with Crippen LogP contribution in [0.4, 0.5) is 0 Å². The molecule has 0 unspecified atom stereocenters. The molecule has 0 bridgehead atoms. The van der Waals surface area contributed by atoms with Crippen molar-refractivity contribution in [2.75, 3.05) is 26.2 Å². The van der Waals surface area contributed by atoms with Gasteiger partial charge in [0, 0.05) is 13.1 Å². The number of aliphatic hydroxyl groups is 1. The van der Waals surface area contributed by atoms with Crippen molar-refractivity contribution in [1.82, 2.24) is 5.01 Å². The average Bonchev–Trinajstić information content (AvgIpc) is 2.06. The van der Waals surface area contributed by atoms with Crippen LogP contribution >= 0.6 is 0 Å². The lowest BCUT2D eigenvalue weighted by Gasteiger charge is -2.11. The highest BCUT2D eigenvalue weighted by molar-refractivity contribution is 4.42. The Bertz CT molecular complexity index is 63.3. The van der Waals surface area contributed by atoms with E-state index in [4.69, 9.17) is 16.7 Å². The number of hydrogen-bond donors (Lipinski definition) is 3. The Labute approximate surface area is 75.5 Å². The van der Waals surface area contributed by atoms with Crippen LogP contribution < -0.4 is 11.6 Å². The molecule has 0 aliphatic rings. The lowest BCUT2D eigenvalue weighted by Crippen LogP contribution is -2.34. The summed E-state index contributed by atoms with van der Waals surface area (Å²) >= 11 is 0. The molecule has 0 heterocycles. The summed E-state index contributed by atoms with van der Waals surface area (Å²) in [6.45, 7) is 6.52. The predicted octanol–water partition coefficient (Wildman–Crippen LogP) is -0.0805. The molecule has 0 aromatic heterocycles. The highest BCUT2D eigenvalue weighted by Crippen LogP contribution is 1.79. The van der Waals surface area contributed by atoms with E-state index in [1.807, 2.05) is 0 Å². The molecular formula is C8H23N3O. The molecule has 0 spiro atoms. The van der Waals surface area contributed by atoms with Gasteiger partial charge in [0.2, 0.25) is 0 Å². The molecule has 0 saturated carbocycles. The topological polar surface area (TPSA) is 75.5 Å². The monoisotopic (exact) mass is 177 g/mol. The molecular weight excluding hydrogens is 154 g/mol. The summed E-state index contributed by atoms with van der Waals surface area (Å²) in [5.41, 5.74) is 5.03. The molecule has 0 aliphatic heterocycles. The van der Waals surface area contributed by atoms with Gasteiger partial charge in [-0.1, -0.05) is 13.8 Å². The zero-order valence-electron chi connectivity index (χ0n) is 8.29. The standard InChI is InChI=1S/C5H14N2O.C3H9N/c1-2-3-7(6)4-5-8;1-2-3-4/h8H,2-6H2,1H3;2-4H2,1H3. The molecule has 0 fully saturated rings. The number of nitrogens with zero attached hydrogens (tertiary/aromatic N) is 1. The minimum absolute atomic E-state index is 0.149. The molecule has 0 saturated heterocycles. The summed E-state index contributed by atoms with van der Waals surface area (Å²) in [5, 5.41) is 9.95. The number of hydrazine groups is 1. The van der Waals surface area contributed by atoms with Crippen molar-refractivity contribution in [3.05, 3.63) is 0 Å². The van der Waals surface area contributed by atoms with E-state index >= 15 is 0 Å². The Hall–Kier alpha value is -0.160. The van der Waals surface area contributed by atoms with Crippen LogP contribution in [0.25, 0.3) is 0 Å². The summed E-state index contributed by atoms with van der Waals surface area (Å²) in [7, 11) is 0. The molecule has 0 aromatic carbocycles. The Balaban J connectivity index is 0. The van der Waals surface area contributed by atoms with Gasteiger partial charge in [-0.3, -0.25) is 5.84 Å². The third-order valence-corrected chi connectivity index (χ3v) is 1.19. The van der Waals surface area contributed by atoms with E-state index in [0.717, 1.165) is 25.9 Å². The van der Waals surface area contributed by atoms with Crippen LogP contribution in [0.15, 0.2) is 0 Å². The summed E-state index contributed by atoms with van der Waals surface area (Å²) in [4.78, 5) is 0. The van der Waals surface area contributed by atoms with Crippen molar-refractivity contribution >= 4 is 0 Å². The van der Waals surface area contributed by atoms with Gasteiger partial charge in [-0.05, 0) is 19.4 Å². The van der Waals surface area contributed by atoms with Crippen molar-refractivity contribution in [3.63, 3.8) is 0 Å². The van der Waals surface area contributed by atoms with E-state index in [1.165, 1.54) is 0 Å². The Kier molecular flexibility index (Phi) is 16.1. The zero-order valence-corrected chi connectivity index (χ0v) is 8.29. The highest BCUT2D eigenvalue weighted by Gasteiger charge is 1.91. The first-order valence-electron chi connectivity index (χ1n) is 4.53. The Morgan fingerprint density at radius 2 is 1.67 bits per heavy atom. The smallest absolute Gasteiger partial charge is 0.0572 e. The van der Waals surface area contributed by atoms with Gasteiger partial charge in [0.15, 0.2) is 0 Å². The Morgan fingerprint density at radius 3 is 1.92 bits per heavy atom. The molecule has 12 heavy (non-hydrogen) atoms. The predicted molar refractivity (Wildman–Crippen MR) is 52.5 cm³/mol. The van der Waals surface area contributed by atoms with E-state index in [1.54, 1.807) is 5.01 Å². The van der Waals surface area contributed by atoms with Crippen molar-refractivity contribution in [1.29, 1.82) is 0 Å². The van der Waals surface area contributed by atoms with Crippen LogP contribution in [0, 0.1) is 0 Å². The third-order valence-electron chi connectivity index (χ3n) is 1.19. The summed E-state index contributed by atoms with van der Waals surface area (Å²) in [6, 6.07) is 0. The number of nitrogens with two attached hydrogens (primary N) is 2. The second-order valence-corrected chi connectivity index (χ2v) is 2.55. The molecule has 0 rings (SSSR count).